The van der Waals surface area contributed by atoms with Crippen molar-refractivity contribution in [1.29, 1.82) is 0 Å². The number of hydrogen-bond donors (Lipinski definition) is 2. The second-order valence-electron chi connectivity index (χ2n) is 5.52. The first-order chi connectivity index (χ1) is 10.2. The van der Waals surface area contributed by atoms with E-state index in [1.165, 1.54) is 5.56 Å². The van der Waals surface area contributed by atoms with E-state index in [4.69, 9.17) is 0 Å². The van der Waals surface area contributed by atoms with Gasteiger partial charge in [-0.25, -0.2) is 0 Å². The van der Waals surface area contributed by atoms with Crippen molar-refractivity contribution in [2.45, 2.75) is 32.0 Å². The van der Waals surface area contributed by atoms with E-state index in [2.05, 4.69) is 27.9 Å². The molecule has 1 amide bonds. The van der Waals surface area contributed by atoms with Gasteiger partial charge in [-0.2, -0.15) is 5.10 Å². The number of fused-ring (bicyclic) bond motifs is 1. The summed E-state index contributed by atoms with van der Waals surface area (Å²) in [6, 6.07) is 10.1. The fourth-order valence-corrected chi connectivity index (χ4v) is 2.81. The SMILES string of the molecule is CC(Cn1cccn1)NC(=O)C1CNCc2ccccc21. The van der Waals surface area contributed by atoms with Crippen molar-refractivity contribution in [2.75, 3.05) is 6.54 Å². The summed E-state index contributed by atoms with van der Waals surface area (Å²) in [4.78, 5) is 12.5. The molecular formula is C16H20N4O. The molecule has 3 rings (SSSR count). The number of nitrogens with zero attached hydrogens (tertiary/aromatic N) is 2. The number of benzene rings is 1. The standard InChI is InChI=1S/C16H20N4O/c1-12(11-20-8-4-7-18-20)19-16(21)15-10-17-9-13-5-2-3-6-14(13)15/h2-8,12,15,17H,9-11H2,1H3,(H,19,21). The number of carbonyl (C=O) groups excluding carboxylic acids is 1. The number of aromatic nitrogens is 2. The first-order valence-corrected chi connectivity index (χ1v) is 7.30. The summed E-state index contributed by atoms with van der Waals surface area (Å²) >= 11 is 0. The molecule has 0 radical (unpaired) electrons. The van der Waals surface area contributed by atoms with Crippen LogP contribution in [0.5, 0.6) is 0 Å². The molecule has 0 spiro atoms. The van der Waals surface area contributed by atoms with Gasteiger partial charge in [0.25, 0.3) is 0 Å². The molecule has 2 unspecified atom stereocenters. The zero-order chi connectivity index (χ0) is 14.7. The summed E-state index contributed by atoms with van der Waals surface area (Å²) in [5.74, 6) is -0.0377. The molecule has 0 aliphatic carbocycles. The van der Waals surface area contributed by atoms with E-state index in [0.29, 0.717) is 13.1 Å². The maximum atomic E-state index is 12.5. The lowest BCUT2D eigenvalue weighted by atomic mass is 9.90. The van der Waals surface area contributed by atoms with Crippen LogP contribution in [0.3, 0.4) is 0 Å². The molecule has 0 saturated carbocycles. The molecule has 5 nitrogen and oxygen atoms in total. The third kappa shape index (κ3) is 3.13. The van der Waals surface area contributed by atoms with Crippen molar-refractivity contribution in [3.05, 3.63) is 53.9 Å². The lowest BCUT2D eigenvalue weighted by molar-refractivity contribution is -0.123. The predicted octanol–water partition coefficient (Wildman–Crippen LogP) is 1.27. The van der Waals surface area contributed by atoms with Gasteiger partial charge in [-0.3, -0.25) is 9.48 Å². The normalized spacial score (nSPS) is 18.8. The van der Waals surface area contributed by atoms with Crippen molar-refractivity contribution in [3.8, 4) is 0 Å². The Bertz CT molecular complexity index is 608. The number of amides is 1. The number of hydrogen-bond acceptors (Lipinski definition) is 3. The average Bonchev–Trinajstić information content (AvgIpc) is 2.99. The molecule has 5 heteroatoms. The van der Waals surface area contributed by atoms with E-state index < -0.39 is 0 Å². The van der Waals surface area contributed by atoms with E-state index in [0.717, 1.165) is 12.1 Å². The van der Waals surface area contributed by atoms with Crippen molar-refractivity contribution in [2.24, 2.45) is 0 Å². The number of carbonyl (C=O) groups is 1. The first kappa shape index (κ1) is 13.8. The van der Waals surface area contributed by atoms with E-state index in [-0.39, 0.29) is 17.9 Å². The second kappa shape index (κ2) is 6.10. The molecule has 1 aromatic carbocycles. The Hall–Kier alpha value is -2.14. The van der Waals surface area contributed by atoms with Gasteiger partial charge >= 0.3 is 0 Å². The summed E-state index contributed by atoms with van der Waals surface area (Å²) in [7, 11) is 0. The fraction of sp³-hybridized carbons (Fsp3) is 0.375. The van der Waals surface area contributed by atoms with Crippen LogP contribution in [0.15, 0.2) is 42.7 Å². The average molecular weight is 284 g/mol. The minimum atomic E-state index is -0.116. The maximum Gasteiger partial charge on any atom is 0.229 e. The quantitative estimate of drug-likeness (QED) is 0.889. The highest BCUT2D eigenvalue weighted by Gasteiger charge is 2.26. The van der Waals surface area contributed by atoms with Crippen LogP contribution in [-0.4, -0.2) is 28.3 Å². The van der Waals surface area contributed by atoms with Gasteiger partial charge in [0.05, 0.1) is 12.5 Å². The third-order valence-corrected chi connectivity index (χ3v) is 3.82. The molecule has 110 valence electrons. The lowest BCUT2D eigenvalue weighted by Crippen LogP contribution is -2.43. The molecular weight excluding hydrogens is 264 g/mol. The van der Waals surface area contributed by atoms with Crippen molar-refractivity contribution in [1.82, 2.24) is 20.4 Å². The monoisotopic (exact) mass is 284 g/mol. The summed E-state index contributed by atoms with van der Waals surface area (Å²) in [5.41, 5.74) is 2.35. The Kier molecular flexibility index (Phi) is 4.01. The summed E-state index contributed by atoms with van der Waals surface area (Å²) < 4.78 is 1.83. The largest absolute Gasteiger partial charge is 0.351 e. The van der Waals surface area contributed by atoms with Crippen molar-refractivity contribution < 1.29 is 4.79 Å². The van der Waals surface area contributed by atoms with E-state index in [1.54, 1.807) is 6.20 Å². The van der Waals surface area contributed by atoms with Crippen LogP contribution >= 0.6 is 0 Å². The van der Waals surface area contributed by atoms with Crippen LogP contribution in [-0.2, 0) is 17.9 Å². The number of nitrogens with one attached hydrogen (secondary N) is 2. The van der Waals surface area contributed by atoms with Gasteiger partial charge in [0.15, 0.2) is 0 Å². The Morgan fingerprint density at radius 3 is 3.14 bits per heavy atom. The Morgan fingerprint density at radius 1 is 1.48 bits per heavy atom. The van der Waals surface area contributed by atoms with Gasteiger partial charge in [-0.15, -0.1) is 0 Å². The maximum absolute atomic E-state index is 12.5. The minimum Gasteiger partial charge on any atom is -0.351 e. The lowest BCUT2D eigenvalue weighted by Gasteiger charge is -2.27. The van der Waals surface area contributed by atoms with Crippen LogP contribution < -0.4 is 10.6 Å². The molecule has 1 aromatic heterocycles. The molecule has 2 heterocycles. The molecule has 1 aliphatic heterocycles. The highest BCUT2D eigenvalue weighted by atomic mass is 16.2. The first-order valence-electron chi connectivity index (χ1n) is 7.30. The minimum absolute atomic E-state index is 0.0477. The van der Waals surface area contributed by atoms with Crippen molar-refractivity contribution >= 4 is 5.91 Å². The molecule has 1 aliphatic rings. The Labute approximate surface area is 124 Å². The van der Waals surface area contributed by atoms with Gasteiger partial charge in [0.1, 0.15) is 0 Å². The molecule has 2 aromatic rings. The molecule has 2 atom stereocenters. The van der Waals surface area contributed by atoms with Crippen LogP contribution in [0.25, 0.3) is 0 Å². The summed E-state index contributed by atoms with van der Waals surface area (Å²) in [6.45, 7) is 4.21. The van der Waals surface area contributed by atoms with E-state index in [1.807, 2.05) is 36.0 Å². The Balaban J connectivity index is 1.66. The van der Waals surface area contributed by atoms with Crippen LogP contribution in [0.2, 0.25) is 0 Å². The number of rotatable bonds is 4. The van der Waals surface area contributed by atoms with Crippen LogP contribution in [0.4, 0.5) is 0 Å². The zero-order valence-electron chi connectivity index (χ0n) is 12.1. The zero-order valence-corrected chi connectivity index (χ0v) is 12.1. The van der Waals surface area contributed by atoms with Gasteiger partial charge in [-0.1, -0.05) is 24.3 Å². The van der Waals surface area contributed by atoms with Gasteiger partial charge in [0, 0.05) is 31.5 Å². The summed E-state index contributed by atoms with van der Waals surface area (Å²) in [6.07, 6.45) is 3.65. The third-order valence-electron chi connectivity index (χ3n) is 3.82. The molecule has 0 bridgehead atoms. The molecule has 0 saturated heterocycles. The van der Waals surface area contributed by atoms with E-state index >= 15 is 0 Å². The molecule has 2 N–H and O–H groups in total. The fourth-order valence-electron chi connectivity index (χ4n) is 2.81. The van der Waals surface area contributed by atoms with Gasteiger partial charge < -0.3 is 10.6 Å². The summed E-state index contributed by atoms with van der Waals surface area (Å²) in [5, 5.41) is 10.6. The molecule has 21 heavy (non-hydrogen) atoms. The smallest absolute Gasteiger partial charge is 0.229 e. The van der Waals surface area contributed by atoms with Crippen molar-refractivity contribution in [3.63, 3.8) is 0 Å². The molecule has 0 fully saturated rings. The highest BCUT2D eigenvalue weighted by molar-refractivity contribution is 5.84. The van der Waals surface area contributed by atoms with Gasteiger partial charge in [-0.05, 0) is 24.1 Å². The van der Waals surface area contributed by atoms with Crippen LogP contribution in [0, 0.1) is 0 Å². The topological polar surface area (TPSA) is 59.0 Å². The van der Waals surface area contributed by atoms with Gasteiger partial charge in [0.2, 0.25) is 5.91 Å². The predicted molar refractivity (Wildman–Crippen MR) is 80.7 cm³/mol. The highest BCUT2D eigenvalue weighted by Crippen LogP contribution is 2.23. The van der Waals surface area contributed by atoms with E-state index in [9.17, 15) is 4.79 Å². The second-order valence-corrected chi connectivity index (χ2v) is 5.52. The van der Waals surface area contributed by atoms with Crippen LogP contribution in [0.1, 0.15) is 24.0 Å². The Morgan fingerprint density at radius 2 is 2.33 bits per heavy atom.